The summed E-state index contributed by atoms with van der Waals surface area (Å²) < 4.78 is 46.7. The van der Waals surface area contributed by atoms with E-state index in [2.05, 4.69) is 4.72 Å². The van der Waals surface area contributed by atoms with Crippen LogP contribution in [0.1, 0.15) is 5.69 Å². The molecule has 1 heterocycles. The number of rotatable bonds is 5. The van der Waals surface area contributed by atoms with Crippen molar-refractivity contribution in [2.45, 2.75) is 11.4 Å². The van der Waals surface area contributed by atoms with Gasteiger partial charge in [-0.05, 0) is 18.2 Å². The summed E-state index contributed by atoms with van der Waals surface area (Å²) in [6.07, 6.45) is 1.46. The minimum atomic E-state index is -3.80. The van der Waals surface area contributed by atoms with E-state index < -0.39 is 15.8 Å². The minimum absolute atomic E-state index is 0.0804. The molecule has 0 atom stereocenters. The third-order valence-corrected chi connectivity index (χ3v) is 4.34. The van der Waals surface area contributed by atoms with Crippen LogP contribution in [0.15, 0.2) is 35.4 Å². The Balaban J connectivity index is 2.37. The average Bonchev–Trinajstić information content (AvgIpc) is 2.82. The second-order valence-corrected chi connectivity index (χ2v) is 6.11. The molecule has 0 amide bonds. The third kappa shape index (κ3) is 3.17. The van der Waals surface area contributed by atoms with Gasteiger partial charge in [0.15, 0.2) is 0 Å². The molecule has 2 aromatic rings. The molecule has 0 fully saturated rings. The lowest BCUT2D eigenvalue weighted by Gasteiger charge is -2.10. The number of nitrogens with two attached hydrogens (primary N) is 1. The van der Waals surface area contributed by atoms with Crippen molar-refractivity contribution < 1.29 is 17.5 Å². The van der Waals surface area contributed by atoms with Gasteiger partial charge >= 0.3 is 0 Å². The average molecular weight is 313 g/mol. The molecule has 6 nitrogen and oxygen atoms in total. The molecule has 0 aliphatic carbocycles. The molecule has 0 aliphatic rings. The Morgan fingerprint density at radius 1 is 1.38 bits per heavy atom. The van der Waals surface area contributed by atoms with Crippen molar-refractivity contribution in [1.82, 2.24) is 4.57 Å². The summed E-state index contributed by atoms with van der Waals surface area (Å²) in [6, 6.07) is 5.04. The smallest absolute Gasteiger partial charge is 0.263 e. The lowest BCUT2D eigenvalue weighted by molar-refractivity contribution is 0.413. The van der Waals surface area contributed by atoms with E-state index in [0.717, 1.165) is 12.1 Å². The molecule has 1 aromatic carbocycles. The molecule has 0 aliphatic heterocycles. The zero-order chi connectivity index (χ0) is 15.6. The molecule has 0 radical (unpaired) electrons. The quantitative estimate of drug-likeness (QED) is 0.874. The fourth-order valence-corrected chi connectivity index (χ4v) is 3.04. The lowest BCUT2D eigenvalue weighted by Crippen LogP contribution is -2.13. The van der Waals surface area contributed by atoms with Gasteiger partial charge < -0.3 is 15.0 Å². The highest BCUT2D eigenvalue weighted by atomic mass is 32.2. The maximum absolute atomic E-state index is 13.1. The Hall–Kier alpha value is -2.06. The van der Waals surface area contributed by atoms with Crippen LogP contribution in [0.25, 0.3) is 0 Å². The number of halogens is 1. The van der Waals surface area contributed by atoms with E-state index >= 15 is 0 Å². The van der Waals surface area contributed by atoms with E-state index in [1.54, 1.807) is 11.6 Å². The number of nitrogens with one attached hydrogen (secondary N) is 1. The van der Waals surface area contributed by atoms with Crippen molar-refractivity contribution in [3.8, 4) is 5.75 Å². The largest absolute Gasteiger partial charge is 0.494 e. The molecule has 0 unspecified atom stereocenters. The summed E-state index contributed by atoms with van der Waals surface area (Å²) in [5, 5.41) is 0. The van der Waals surface area contributed by atoms with Gasteiger partial charge in [-0.15, -0.1) is 0 Å². The molecule has 114 valence electrons. The number of benzene rings is 1. The number of anilines is 1. The molecular weight excluding hydrogens is 297 g/mol. The number of hydrogen-bond donors (Lipinski definition) is 2. The molecule has 1 aromatic heterocycles. The van der Waals surface area contributed by atoms with Crippen LogP contribution in [0.4, 0.5) is 10.1 Å². The third-order valence-electron chi connectivity index (χ3n) is 3.01. The highest BCUT2D eigenvalue weighted by Gasteiger charge is 2.19. The Morgan fingerprint density at radius 3 is 2.67 bits per heavy atom. The SMILES string of the molecule is COc1cc(F)ccc1NS(=O)(=O)c1cc(CN)n(C)c1. The Labute approximate surface area is 122 Å². The van der Waals surface area contributed by atoms with Gasteiger partial charge in [-0.2, -0.15) is 0 Å². The van der Waals surface area contributed by atoms with Crippen LogP contribution < -0.4 is 15.2 Å². The van der Waals surface area contributed by atoms with Gasteiger partial charge in [0, 0.05) is 31.5 Å². The van der Waals surface area contributed by atoms with E-state index in [1.165, 1.54) is 25.4 Å². The van der Waals surface area contributed by atoms with Gasteiger partial charge in [0.05, 0.1) is 12.8 Å². The molecule has 0 bridgehead atoms. The number of aromatic nitrogens is 1. The first-order valence-electron chi connectivity index (χ1n) is 6.09. The number of aryl methyl sites for hydroxylation is 1. The first-order chi connectivity index (χ1) is 9.87. The van der Waals surface area contributed by atoms with E-state index in [0.29, 0.717) is 5.69 Å². The second-order valence-electron chi connectivity index (χ2n) is 4.43. The number of nitrogens with zero attached hydrogens (tertiary/aromatic N) is 1. The molecular formula is C13H16FN3O3S. The molecule has 0 saturated heterocycles. The normalized spacial score (nSPS) is 11.4. The van der Waals surface area contributed by atoms with Crippen LogP contribution >= 0.6 is 0 Å². The minimum Gasteiger partial charge on any atom is -0.494 e. The zero-order valence-corrected chi connectivity index (χ0v) is 12.4. The summed E-state index contributed by atoms with van der Waals surface area (Å²) in [5.41, 5.74) is 6.37. The van der Waals surface area contributed by atoms with Crippen LogP contribution in [0.3, 0.4) is 0 Å². The summed E-state index contributed by atoms with van der Waals surface area (Å²) in [7, 11) is -0.756. The zero-order valence-electron chi connectivity index (χ0n) is 11.6. The van der Waals surface area contributed by atoms with Crippen molar-refractivity contribution >= 4 is 15.7 Å². The van der Waals surface area contributed by atoms with Crippen molar-refractivity contribution in [3.63, 3.8) is 0 Å². The van der Waals surface area contributed by atoms with Gasteiger partial charge in [0.2, 0.25) is 0 Å². The number of sulfonamides is 1. The molecule has 3 N–H and O–H groups in total. The van der Waals surface area contributed by atoms with Crippen molar-refractivity contribution in [3.05, 3.63) is 42.0 Å². The van der Waals surface area contributed by atoms with Gasteiger partial charge in [0.1, 0.15) is 16.5 Å². The summed E-state index contributed by atoms with van der Waals surface area (Å²) in [6.45, 7) is 0.228. The fraction of sp³-hybridized carbons (Fsp3) is 0.231. The maximum atomic E-state index is 13.1. The van der Waals surface area contributed by atoms with Gasteiger partial charge in [-0.3, -0.25) is 4.72 Å². The van der Waals surface area contributed by atoms with E-state index in [-0.39, 0.29) is 22.9 Å². The topological polar surface area (TPSA) is 86.3 Å². The molecule has 21 heavy (non-hydrogen) atoms. The van der Waals surface area contributed by atoms with Crippen molar-refractivity contribution in [2.24, 2.45) is 12.8 Å². The summed E-state index contributed by atoms with van der Waals surface area (Å²) >= 11 is 0. The van der Waals surface area contributed by atoms with Crippen LogP contribution in [0, 0.1) is 5.82 Å². The molecule has 8 heteroatoms. The van der Waals surface area contributed by atoms with Crippen molar-refractivity contribution in [2.75, 3.05) is 11.8 Å². The van der Waals surface area contributed by atoms with E-state index in [1.807, 2.05) is 0 Å². The fourth-order valence-electron chi connectivity index (χ4n) is 1.88. The monoisotopic (exact) mass is 313 g/mol. The highest BCUT2D eigenvalue weighted by molar-refractivity contribution is 7.92. The van der Waals surface area contributed by atoms with Gasteiger partial charge in [0.25, 0.3) is 10.0 Å². The van der Waals surface area contributed by atoms with E-state index in [4.69, 9.17) is 10.5 Å². The van der Waals surface area contributed by atoms with Crippen LogP contribution in [0.2, 0.25) is 0 Å². The summed E-state index contributed by atoms with van der Waals surface area (Å²) in [4.78, 5) is 0.0804. The second kappa shape index (κ2) is 5.74. The summed E-state index contributed by atoms with van der Waals surface area (Å²) in [5.74, 6) is -0.409. The van der Waals surface area contributed by atoms with E-state index in [9.17, 15) is 12.8 Å². The molecule has 0 saturated carbocycles. The molecule has 2 rings (SSSR count). The highest BCUT2D eigenvalue weighted by Crippen LogP contribution is 2.27. The van der Waals surface area contributed by atoms with Crippen LogP contribution in [-0.4, -0.2) is 20.1 Å². The lowest BCUT2D eigenvalue weighted by atomic mass is 10.3. The number of ether oxygens (including phenoxy) is 1. The van der Waals surface area contributed by atoms with Crippen molar-refractivity contribution in [1.29, 1.82) is 0 Å². The Kier molecular flexibility index (Phi) is 4.19. The van der Waals surface area contributed by atoms with Gasteiger partial charge in [-0.1, -0.05) is 0 Å². The Morgan fingerprint density at radius 2 is 2.10 bits per heavy atom. The number of methoxy groups -OCH3 is 1. The Bertz CT molecular complexity index is 756. The van der Waals surface area contributed by atoms with Gasteiger partial charge in [-0.25, -0.2) is 12.8 Å². The first-order valence-corrected chi connectivity index (χ1v) is 7.57. The standard InChI is InChI=1S/C13H16FN3O3S/c1-17-8-11(6-10(17)7-15)21(18,19)16-12-4-3-9(14)5-13(12)20-2/h3-6,8,16H,7,15H2,1-2H3. The first kappa shape index (κ1) is 15.3. The van der Waals surface area contributed by atoms with Crippen LogP contribution in [-0.2, 0) is 23.6 Å². The predicted octanol–water partition coefficient (Wildman–Crippen LogP) is 1.43. The predicted molar refractivity (Wildman–Crippen MR) is 77.1 cm³/mol. The number of hydrogen-bond acceptors (Lipinski definition) is 4. The maximum Gasteiger partial charge on any atom is 0.263 e. The molecule has 0 spiro atoms. The van der Waals surface area contributed by atoms with Crippen LogP contribution in [0.5, 0.6) is 5.75 Å².